The predicted octanol–water partition coefficient (Wildman–Crippen LogP) is 2.21. The molecule has 5 nitrogen and oxygen atoms in total. The third-order valence-electron chi connectivity index (χ3n) is 4.78. The monoisotopic (exact) mass is 292 g/mol. The Hall–Kier alpha value is -1.36. The minimum absolute atomic E-state index is 0.00962. The molecule has 118 valence electrons. The SMILES string of the molecule is Cc1nn(C)cc1C(C)NC(=O)CC1(CN)CCCCC1. The highest BCUT2D eigenvalue weighted by Crippen LogP contribution is 2.38. The van der Waals surface area contributed by atoms with Gasteiger partial charge in [-0.15, -0.1) is 0 Å². The standard InChI is InChI=1S/C16H28N4O/c1-12(14-10-20(3)19-13(14)2)18-15(21)9-16(11-17)7-5-4-6-8-16/h10,12H,4-9,11,17H2,1-3H3,(H,18,21). The van der Waals surface area contributed by atoms with E-state index in [0.717, 1.165) is 24.1 Å². The van der Waals surface area contributed by atoms with Gasteiger partial charge in [0.25, 0.3) is 0 Å². The molecule has 1 aromatic rings. The first-order chi connectivity index (χ1) is 9.96. The molecular weight excluding hydrogens is 264 g/mol. The molecule has 1 aliphatic carbocycles. The number of hydrogen-bond donors (Lipinski definition) is 2. The molecule has 1 aromatic heterocycles. The average Bonchev–Trinajstić information content (AvgIpc) is 2.78. The van der Waals surface area contributed by atoms with E-state index in [-0.39, 0.29) is 17.4 Å². The van der Waals surface area contributed by atoms with Gasteiger partial charge in [-0.25, -0.2) is 0 Å². The number of aryl methyl sites for hydroxylation is 2. The van der Waals surface area contributed by atoms with Gasteiger partial charge in [-0.1, -0.05) is 19.3 Å². The van der Waals surface area contributed by atoms with Crippen LogP contribution in [0.4, 0.5) is 0 Å². The van der Waals surface area contributed by atoms with Crippen molar-refractivity contribution in [2.45, 2.75) is 58.4 Å². The number of nitrogens with one attached hydrogen (secondary N) is 1. The van der Waals surface area contributed by atoms with Gasteiger partial charge in [0.2, 0.25) is 5.91 Å². The van der Waals surface area contributed by atoms with Crippen molar-refractivity contribution in [1.29, 1.82) is 0 Å². The van der Waals surface area contributed by atoms with Crippen LogP contribution in [-0.4, -0.2) is 22.2 Å². The molecule has 0 bridgehead atoms. The van der Waals surface area contributed by atoms with Crippen molar-refractivity contribution in [1.82, 2.24) is 15.1 Å². The van der Waals surface area contributed by atoms with E-state index < -0.39 is 0 Å². The summed E-state index contributed by atoms with van der Waals surface area (Å²) in [5, 5.41) is 7.44. The minimum Gasteiger partial charge on any atom is -0.349 e. The summed E-state index contributed by atoms with van der Waals surface area (Å²) in [6, 6.07) is -0.00962. The molecule has 1 atom stereocenters. The van der Waals surface area contributed by atoms with Crippen LogP contribution in [0, 0.1) is 12.3 Å². The maximum atomic E-state index is 12.4. The summed E-state index contributed by atoms with van der Waals surface area (Å²) in [7, 11) is 1.90. The summed E-state index contributed by atoms with van der Waals surface area (Å²) in [5.41, 5.74) is 8.03. The normalized spacial score (nSPS) is 19.2. The van der Waals surface area contributed by atoms with E-state index in [1.807, 2.05) is 27.1 Å². The van der Waals surface area contributed by atoms with Gasteiger partial charge >= 0.3 is 0 Å². The molecule has 1 aliphatic rings. The lowest BCUT2D eigenvalue weighted by Gasteiger charge is -2.36. The third-order valence-corrected chi connectivity index (χ3v) is 4.78. The maximum absolute atomic E-state index is 12.4. The van der Waals surface area contributed by atoms with Crippen LogP contribution in [0.2, 0.25) is 0 Å². The van der Waals surface area contributed by atoms with E-state index in [1.54, 1.807) is 4.68 Å². The Balaban J connectivity index is 1.96. The number of nitrogens with zero attached hydrogens (tertiary/aromatic N) is 2. The van der Waals surface area contributed by atoms with E-state index in [2.05, 4.69) is 10.4 Å². The zero-order chi connectivity index (χ0) is 15.5. The summed E-state index contributed by atoms with van der Waals surface area (Å²) in [4.78, 5) is 12.4. The summed E-state index contributed by atoms with van der Waals surface area (Å²) < 4.78 is 1.79. The second-order valence-electron chi connectivity index (χ2n) is 6.57. The number of hydrogen-bond acceptors (Lipinski definition) is 3. The maximum Gasteiger partial charge on any atom is 0.221 e. The van der Waals surface area contributed by atoms with E-state index >= 15 is 0 Å². The molecular formula is C16H28N4O. The largest absolute Gasteiger partial charge is 0.349 e. The van der Waals surface area contributed by atoms with Gasteiger partial charge in [-0.3, -0.25) is 9.48 Å². The van der Waals surface area contributed by atoms with Crippen molar-refractivity contribution in [3.8, 4) is 0 Å². The predicted molar refractivity (Wildman–Crippen MR) is 83.7 cm³/mol. The smallest absolute Gasteiger partial charge is 0.221 e. The highest BCUT2D eigenvalue weighted by atomic mass is 16.1. The summed E-state index contributed by atoms with van der Waals surface area (Å²) in [6.45, 7) is 4.60. The first kappa shape index (κ1) is 16.0. The Morgan fingerprint density at radius 3 is 2.67 bits per heavy atom. The molecule has 0 spiro atoms. The topological polar surface area (TPSA) is 72.9 Å². The Morgan fingerprint density at radius 1 is 1.48 bits per heavy atom. The fraction of sp³-hybridized carbons (Fsp3) is 0.750. The molecule has 1 amide bonds. The van der Waals surface area contributed by atoms with Gasteiger partial charge in [-0.2, -0.15) is 5.10 Å². The van der Waals surface area contributed by atoms with Gasteiger partial charge in [0.1, 0.15) is 0 Å². The molecule has 0 aliphatic heterocycles. The number of carbonyl (C=O) groups excluding carboxylic acids is 1. The van der Waals surface area contributed by atoms with Crippen LogP contribution < -0.4 is 11.1 Å². The Morgan fingerprint density at radius 2 is 2.14 bits per heavy atom. The molecule has 2 rings (SSSR count). The fourth-order valence-corrected chi connectivity index (χ4v) is 3.51. The molecule has 1 saturated carbocycles. The highest BCUT2D eigenvalue weighted by Gasteiger charge is 2.33. The molecule has 3 N–H and O–H groups in total. The van der Waals surface area contributed by atoms with Crippen molar-refractivity contribution in [2.75, 3.05) is 6.54 Å². The van der Waals surface area contributed by atoms with Crippen LogP contribution in [0.25, 0.3) is 0 Å². The van der Waals surface area contributed by atoms with Crippen LogP contribution >= 0.6 is 0 Å². The Labute approximate surface area is 127 Å². The summed E-state index contributed by atoms with van der Waals surface area (Å²) >= 11 is 0. The zero-order valence-corrected chi connectivity index (χ0v) is 13.5. The number of rotatable bonds is 5. The third kappa shape index (κ3) is 3.84. The molecule has 0 saturated heterocycles. The number of carbonyl (C=O) groups is 1. The van der Waals surface area contributed by atoms with E-state index in [4.69, 9.17) is 5.73 Å². The first-order valence-electron chi connectivity index (χ1n) is 7.95. The molecule has 1 fully saturated rings. The summed E-state index contributed by atoms with van der Waals surface area (Å²) in [6.07, 6.45) is 8.35. The number of aromatic nitrogens is 2. The van der Waals surface area contributed by atoms with Crippen LogP contribution in [0.3, 0.4) is 0 Å². The van der Waals surface area contributed by atoms with Crippen LogP contribution in [0.15, 0.2) is 6.20 Å². The van der Waals surface area contributed by atoms with E-state index in [0.29, 0.717) is 13.0 Å². The summed E-state index contributed by atoms with van der Waals surface area (Å²) in [5.74, 6) is 0.109. The molecule has 5 heteroatoms. The second kappa shape index (κ2) is 6.60. The quantitative estimate of drug-likeness (QED) is 0.874. The lowest BCUT2D eigenvalue weighted by atomic mass is 9.71. The average molecular weight is 292 g/mol. The first-order valence-corrected chi connectivity index (χ1v) is 7.95. The number of amides is 1. The van der Waals surface area contributed by atoms with E-state index in [1.165, 1.54) is 19.3 Å². The van der Waals surface area contributed by atoms with Crippen LogP contribution in [0.5, 0.6) is 0 Å². The second-order valence-corrected chi connectivity index (χ2v) is 6.57. The fourth-order valence-electron chi connectivity index (χ4n) is 3.51. The lowest BCUT2D eigenvalue weighted by molar-refractivity contribution is -0.124. The van der Waals surface area contributed by atoms with Gasteiger partial charge in [-0.05, 0) is 38.6 Å². The Kier molecular flexibility index (Phi) is 5.04. The van der Waals surface area contributed by atoms with E-state index in [9.17, 15) is 4.79 Å². The highest BCUT2D eigenvalue weighted by molar-refractivity contribution is 5.77. The van der Waals surface area contributed by atoms with Crippen molar-refractivity contribution in [3.05, 3.63) is 17.5 Å². The zero-order valence-electron chi connectivity index (χ0n) is 13.5. The van der Waals surface area contributed by atoms with Crippen LogP contribution in [-0.2, 0) is 11.8 Å². The van der Waals surface area contributed by atoms with Gasteiger partial charge in [0.05, 0.1) is 11.7 Å². The molecule has 0 radical (unpaired) electrons. The Bertz CT molecular complexity index is 488. The molecule has 0 aromatic carbocycles. The van der Waals surface area contributed by atoms with Crippen molar-refractivity contribution >= 4 is 5.91 Å². The van der Waals surface area contributed by atoms with Crippen molar-refractivity contribution in [2.24, 2.45) is 18.2 Å². The van der Waals surface area contributed by atoms with Gasteiger partial charge in [0.15, 0.2) is 0 Å². The van der Waals surface area contributed by atoms with Crippen molar-refractivity contribution < 1.29 is 4.79 Å². The van der Waals surface area contributed by atoms with Gasteiger partial charge < -0.3 is 11.1 Å². The number of nitrogens with two attached hydrogens (primary N) is 1. The molecule has 1 heterocycles. The molecule has 1 unspecified atom stereocenters. The van der Waals surface area contributed by atoms with Crippen LogP contribution in [0.1, 0.15) is 62.7 Å². The van der Waals surface area contributed by atoms with Crippen molar-refractivity contribution in [3.63, 3.8) is 0 Å². The minimum atomic E-state index is -0.00962. The molecule has 21 heavy (non-hydrogen) atoms. The van der Waals surface area contributed by atoms with Gasteiger partial charge in [0, 0.05) is 25.2 Å². The lowest BCUT2D eigenvalue weighted by Crippen LogP contribution is -2.39.